The molecule has 1 aliphatic heterocycles. The van der Waals surface area contributed by atoms with Gasteiger partial charge >= 0.3 is 5.97 Å². The predicted octanol–water partition coefficient (Wildman–Crippen LogP) is 3.61. The summed E-state index contributed by atoms with van der Waals surface area (Å²) < 4.78 is 31.3. The molecule has 0 bridgehead atoms. The molecule has 0 unspecified atom stereocenters. The number of fused-ring (bicyclic) bond motifs is 1. The summed E-state index contributed by atoms with van der Waals surface area (Å²) in [6.45, 7) is 3.55. The Balaban J connectivity index is 1.94. The Labute approximate surface area is 209 Å². The lowest BCUT2D eigenvalue weighted by atomic mass is 9.96. The van der Waals surface area contributed by atoms with Gasteiger partial charge in [-0.2, -0.15) is 0 Å². The Bertz CT molecular complexity index is 1510. The van der Waals surface area contributed by atoms with Gasteiger partial charge < -0.3 is 14.2 Å². The van der Waals surface area contributed by atoms with Gasteiger partial charge in [-0.15, -0.1) is 0 Å². The van der Waals surface area contributed by atoms with Gasteiger partial charge in [-0.3, -0.25) is 9.36 Å². The van der Waals surface area contributed by atoms with E-state index in [1.54, 1.807) is 44.2 Å². The standard InChI is InChI=1S/C25H22ClFN2O5S/c1-5-34-24(31)20-13(2)28-25-29(21(20)15-6-8-16(27)9-7-15)23(30)19(35-25)12-14-10-17(26)22(33-4)18(11-14)32-3/h6-12,21H,5H2,1-4H3/b19-12-/t21-/m1/s1. The second-order valence-electron chi connectivity index (χ2n) is 7.59. The van der Waals surface area contributed by atoms with Crippen molar-refractivity contribution in [3.63, 3.8) is 0 Å². The highest BCUT2D eigenvalue weighted by Gasteiger charge is 2.33. The largest absolute Gasteiger partial charge is 0.493 e. The smallest absolute Gasteiger partial charge is 0.338 e. The van der Waals surface area contributed by atoms with Crippen molar-refractivity contribution in [2.45, 2.75) is 19.9 Å². The summed E-state index contributed by atoms with van der Waals surface area (Å²) in [7, 11) is 2.98. The van der Waals surface area contributed by atoms with Gasteiger partial charge in [0, 0.05) is 0 Å². The van der Waals surface area contributed by atoms with Gasteiger partial charge in [0.1, 0.15) is 5.82 Å². The molecule has 0 fully saturated rings. The summed E-state index contributed by atoms with van der Waals surface area (Å²) in [5.74, 6) is -0.198. The zero-order chi connectivity index (χ0) is 25.3. The van der Waals surface area contributed by atoms with Crippen molar-refractivity contribution in [2.24, 2.45) is 4.99 Å². The first kappa shape index (κ1) is 24.7. The summed E-state index contributed by atoms with van der Waals surface area (Å²) in [6, 6.07) is 8.21. The Morgan fingerprint density at radius 2 is 1.94 bits per heavy atom. The first-order valence-corrected chi connectivity index (χ1v) is 11.8. The summed E-state index contributed by atoms with van der Waals surface area (Å²) in [5.41, 5.74) is 1.48. The minimum atomic E-state index is -0.818. The number of hydrogen-bond donors (Lipinski definition) is 0. The number of methoxy groups -OCH3 is 2. The highest BCUT2D eigenvalue weighted by molar-refractivity contribution is 7.07. The Hall–Kier alpha value is -3.43. The van der Waals surface area contributed by atoms with Crippen molar-refractivity contribution < 1.29 is 23.4 Å². The zero-order valence-electron chi connectivity index (χ0n) is 19.4. The Kier molecular flexibility index (Phi) is 7.09. The highest BCUT2D eigenvalue weighted by atomic mass is 35.5. The van der Waals surface area contributed by atoms with Crippen LogP contribution in [0.2, 0.25) is 5.02 Å². The number of rotatable bonds is 6. The normalized spacial score (nSPS) is 15.5. The Morgan fingerprint density at radius 1 is 1.23 bits per heavy atom. The summed E-state index contributed by atoms with van der Waals surface area (Å²) in [5, 5.41) is 0.329. The van der Waals surface area contributed by atoms with Crippen LogP contribution >= 0.6 is 22.9 Å². The lowest BCUT2D eigenvalue weighted by molar-refractivity contribution is -0.139. The van der Waals surface area contributed by atoms with E-state index in [2.05, 4.69) is 4.99 Å². The van der Waals surface area contributed by atoms with Crippen LogP contribution in [0.15, 0.2) is 57.5 Å². The fourth-order valence-corrected chi connectivity index (χ4v) is 5.27. The van der Waals surface area contributed by atoms with E-state index < -0.39 is 17.8 Å². The zero-order valence-corrected chi connectivity index (χ0v) is 21.0. The number of carbonyl (C=O) groups excluding carboxylic acids is 1. The lowest BCUT2D eigenvalue weighted by Gasteiger charge is -2.24. The molecule has 0 spiro atoms. The van der Waals surface area contributed by atoms with Gasteiger partial charge in [0.15, 0.2) is 16.3 Å². The van der Waals surface area contributed by atoms with E-state index in [1.807, 2.05) is 0 Å². The molecule has 182 valence electrons. The van der Waals surface area contributed by atoms with Crippen molar-refractivity contribution in [3.8, 4) is 11.5 Å². The quantitative estimate of drug-likeness (QED) is 0.468. The maximum Gasteiger partial charge on any atom is 0.338 e. The van der Waals surface area contributed by atoms with Crippen molar-refractivity contribution >= 4 is 35.0 Å². The number of ether oxygens (including phenoxy) is 3. The maximum absolute atomic E-state index is 13.7. The molecule has 7 nitrogen and oxygen atoms in total. The fourth-order valence-electron chi connectivity index (χ4n) is 3.92. The average Bonchev–Trinajstić information content (AvgIpc) is 3.12. The SMILES string of the molecule is CCOC(=O)C1=C(C)N=c2s/c(=C\c3cc(Cl)c(OC)c(OC)c3)c(=O)n2[C@@H]1c1ccc(F)cc1. The van der Waals surface area contributed by atoms with Crippen LogP contribution in [-0.4, -0.2) is 31.4 Å². The second kappa shape index (κ2) is 10.1. The number of halogens is 2. The van der Waals surface area contributed by atoms with Crippen molar-refractivity contribution in [3.05, 3.63) is 89.3 Å². The topological polar surface area (TPSA) is 79.1 Å². The number of esters is 1. The minimum absolute atomic E-state index is 0.163. The van der Waals surface area contributed by atoms with E-state index in [-0.39, 0.29) is 17.7 Å². The molecular weight excluding hydrogens is 495 g/mol. The molecule has 1 aromatic heterocycles. The third-order valence-corrected chi connectivity index (χ3v) is 6.72. The van der Waals surface area contributed by atoms with Crippen LogP contribution in [-0.2, 0) is 9.53 Å². The third kappa shape index (κ3) is 4.61. The van der Waals surface area contributed by atoms with Crippen LogP contribution in [0.3, 0.4) is 0 Å². The van der Waals surface area contributed by atoms with E-state index >= 15 is 0 Å². The molecule has 0 aliphatic carbocycles. The van der Waals surface area contributed by atoms with E-state index in [4.69, 9.17) is 25.8 Å². The molecule has 1 aliphatic rings. The van der Waals surface area contributed by atoms with Crippen molar-refractivity contribution in [1.29, 1.82) is 0 Å². The molecule has 0 radical (unpaired) electrons. The number of thiazole rings is 1. The molecule has 35 heavy (non-hydrogen) atoms. The third-order valence-electron chi connectivity index (χ3n) is 5.46. The number of carbonyl (C=O) groups is 1. The highest BCUT2D eigenvalue weighted by Crippen LogP contribution is 2.36. The van der Waals surface area contributed by atoms with Crippen LogP contribution in [0.5, 0.6) is 11.5 Å². The van der Waals surface area contributed by atoms with E-state index in [0.717, 1.165) is 0 Å². The molecule has 2 heterocycles. The molecule has 0 N–H and O–H groups in total. The molecule has 0 saturated carbocycles. The van der Waals surface area contributed by atoms with Gasteiger partial charge in [-0.25, -0.2) is 14.2 Å². The number of nitrogens with zero attached hydrogens (tertiary/aromatic N) is 2. The molecular formula is C25H22ClFN2O5S. The first-order valence-electron chi connectivity index (χ1n) is 10.7. The summed E-state index contributed by atoms with van der Waals surface area (Å²) >= 11 is 7.50. The predicted molar refractivity (Wildman–Crippen MR) is 131 cm³/mol. The monoisotopic (exact) mass is 516 g/mol. The maximum atomic E-state index is 13.7. The fraction of sp³-hybridized carbons (Fsp3) is 0.240. The molecule has 2 aromatic carbocycles. The number of benzene rings is 2. The van der Waals surface area contributed by atoms with Gasteiger partial charge in [0.25, 0.3) is 5.56 Å². The van der Waals surface area contributed by atoms with E-state index in [9.17, 15) is 14.0 Å². The van der Waals surface area contributed by atoms with Crippen LogP contribution < -0.4 is 24.4 Å². The van der Waals surface area contributed by atoms with Crippen LogP contribution in [0, 0.1) is 5.82 Å². The van der Waals surface area contributed by atoms with Crippen LogP contribution in [0.4, 0.5) is 4.39 Å². The van der Waals surface area contributed by atoms with Crippen LogP contribution in [0.1, 0.15) is 31.0 Å². The van der Waals surface area contributed by atoms with E-state index in [0.29, 0.717) is 42.7 Å². The molecule has 10 heteroatoms. The number of hydrogen-bond acceptors (Lipinski definition) is 7. The van der Waals surface area contributed by atoms with Crippen molar-refractivity contribution in [2.75, 3.05) is 20.8 Å². The molecule has 4 rings (SSSR count). The number of allylic oxidation sites excluding steroid dienone is 1. The molecule has 1 atom stereocenters. The van der Waals surface area contributed by atoms with E-state index in [1.165, 1.54) is 42.3 Å². The average molecular weight is 517 g/mol. The summed E-state index contributed by atoms with van der Waals surface area (Å²) in [6.07, 6.45) is 1.67. The second-order valence-corrected chi connectivity index (χ2v) is 9.01. The van der Waals surface area contributed by atoms with Gasteiger partial charge in [0.05, 0.1) is 47.7 Å². The molecule has 0 amide bonds. The van der Waals surface area contributed by atoms with Gasteiger partial charge in [0.2, 0.25) is 0 Å². The first-order chi connectivity index (χ1) is 16.8. The van der Waals surface area contributed by atoms with Gasteiger partial charge in [-0.1, -0.05) is 35.1 Å². The van der Waals surface area contributed by atoms with Crippen LogP contribution in [0.25, 0.3) is 6.08 Å². The van der Waals surface area contributed by atoms with Crippen molar-refractivity contribution in [1.82, 2.24) is 4.57 Å². The lowest BCUT2D eigenvalue weighted by Crippen LogP contribution is -2.39. The summed E-state index contributed by atoms with van der Waals surface area (Å²) in [4.78, 5) is 31.4. The molecule has 0 saturated heterocycles. The molecule has 3 aromatic rings. The minimum Gasteiger partial charge on any atom is -0.493 e. The Morgan fingerprint density at radius 3 is 2.57 bits per heavy atom. The number of aromatic nitrogens is 1. The van der Waals surface area contributed by atoms with Gasteiger partial charge in [-0.05, 0) is 55.3 Å².